The predicted molar refractivity (Wildman–Crippen MR) is 78.8 cm³/mol. The number of benzene rings is 1. The molecule has 1 saturated heterocycles. The molecule has 6 nitrogen and oxygen atoms in total. The van der Waals surface area contributed by atoms with Gasteiger partial charge >= 0.3 is 0 Å². The standard InChI is InChI=1S/C13H16BrN3O3/c1-16-7-5-9(6-8-16)15-13(18)10-3-2-4-11(12(10)14)17(19)20/h2-4,9H,5-8H2,1H3,(H,15,18). The van der Waals surface area contributed by atoms with Crippen LogP contribution < -0.4 is 5.32 Å². The lowest BCUT2D eigenvalue weighted by molar-refractivity contribution is -0.385. The Morgan fingerprint density at radius 2 is 2.10 bits per heavy atom. The molecule has 0 unspecified atom stereocenters. The molecule has 7 heteroatoms. The largest absolute Gasteiger partial charge is 0.349 e. The highest BCUT2D eigenvalue weighted by Crippen LogP contribution is 2.28. The van der Waals surface area contributed by atoms with Crippen LogP contribution in [0.3, 0.4) is 0 Å². The number of piperidine rings is 1. The summed E-state index contributed by atoms with van der Waals surface area (Å²) in [5.74, 6) is -0.268. The van der Waals surface area contributed by atoms with Crippen LogP contribution in [0.2, 0.25) is 0 Å². The molecule has 0 atom stereocenters. The van der Waals surface area contributed by atoms with Crippen molar-refractivity contribution in [3.8, 4) is 0 Å². The van der Waals surface area contributed by atoms with Crippen LogP contribution in [0.25, 0.3) is 0 Å². The molecule has 0 aromatic heterocycles. The highest BCUT2D eigenvalue weighted by Gasteiger charge is 2.23. The maximum Gasteiger partial charge on any atom is 0.284 e. The summed E-state index contributed by atoms with van der Waals surface area (Å²) < 4.78 is 0.232. The van der Waals surface area contributed by atoms with Crippen molar-refractivity contribution < 1.29 is 9.72 Å². The molecule has 1 heterocycles. The van der Waals surface area contributed by atoms with E-state index >= 15 is 0 Å². The van der Waals surface area contributed by atoms with Gasteiger partial charge in [-0.05, 0) is 55.0 Å². The predicted octanol–water partition coefficient (Wildman–Crippen LogP) is 2.18. The van der Waals surface area contributed by atoms with E-state index in [1.807, 2.05) is 0 Å². The van der Waals surface area contributed by atoms with E-state index in [0.717, 1.165) is 25.9 Å². The van der Waals surface area contributed by atoms with Gasteiger partial charge in [0.05, 0.1) is 10.5 Å². The van der Waals surface area contributed by atoms with Gasteiger partial charge in [-0.3, -0.25) is 14.9 Å². The van der Waals surface area contributed by atoms with Crippen molar-refractivity contribution in [2.75, 3.05) is 20.1 Å². The van der Waals surface area contributed by atoms with Gasteiger partial charge in [0.25, 0.3) is 11.6 Å². The highest BCUT2D eigenvalue weighted by molar-refractivity contribution is 9.10. The Balaban J connectivity index is 2.10. The number of nitro benzene ring substituents is 1. The molecule has 1 amide bonds. The van der Waals surface area contributed by atoms with Gasteiger partial charge in [0.1, 0.15) is 4.47 Å². The van der Waals surface area contributed by atoms with Gasteiger partial charge in [0.15, 0.2) is 0 Å². The molecule has 1 aliphatic rings. The number of carbonyl (C=O) groups excluding carboxylic acids is 1. The highest BCUT2D eigenvalue weighted by atomic mass is 79.9. The maximum atomic E-state index is 12.2. The van der Waals surface area contributed by atoms with E-state index in [0.29, 0.717) is 5.56 Å². The topological polar surface area (TPSA) is 75.5 Å². The summed E-state index contributed by atoms with van der Waals surface area (Å²) in [7, 11) is 2.05. The number of hydrogen-bond acceptors (Lipinski definition) is 4. The van der Waals surface area contributed by atoms with Crippen LogP contribution in [0.15, 0.2) is 22.7 Å². The summed E-state index contributed by atoms with van der Waals surface area (Å²) in [6.45, 7) is 1.89. The molecule has 108 valence electrons. The maximum absolute atomic E-state index is 12.2. The second-order valence-electron chi connectivity index (χ2n) is 4.95. The van der Waals surface area contributed by atoms with Crippen molar-refractivity contribution in [3.05, 3.63) is 38.3 Å². The van der Waals surface area contributed by atoms with Crippen molar-refractivity contribution in [3.63, 3.8) is 0 Å². The zero-order valence-electron chi connectivity index (χ0n) is 11.1. The van der Waals surface area contributed by atoms with Crippen LogP contribution in [0.1, 0.15) is 23.2 Å². The van der Waals surface area contributed by atoms with Gasteiger partial charge in [0.2, 0.25) is 0 Å². The zero-order chi connectivity index (χ0) is 14.7. The van der Waals surface area contributed by atoms with E-state index in [1.165, 1.54) is 12.1 Å². The van der Waals surface area contributed by atoms with Gasteiger partial charge in [-0.2, -0.15) is 0 Å². The van der Waals surface area contributed by atoms with Gasteiger partial charge in [-0.15, -0.1) is 0 Å². The number of carbonyl (C=O) groups is 1. The molecule has 1 aliphatic heterocycles. The number of nitrogens with zero attached hydrogens (tertiary/aromatic N) is 2. The number of nitro groups is 1. The summed E-state index contributed by atoms with van der Waals surface area (Å²) in [6.07, 6.45) is 1.80. The zero-order valence-corrected chi connectivity index (χ0v) is 12.7. The normalized spacial score (nSPS) is 16.9. The minimum Gasteiger partial charge on any atom is -0.349 e. The summed E-state index contributed by atoms with van der Waals surface area (Å²) in [5.41, 5.74) is 0.208. The summed E-state index contributed by atoms with van der Waals surface area (Å²) in [5, 5.41) is 13.8. The summed E-state index contributed by atoms with van der Waals surface area (Å²) in [4.78, 5) is 24.8. The first-order valence-electron chi connectivity index (χ1n) is 6.41. The van der Waals surface area contributed by atoms with Crippen LogP contribution in [0.5, 0.6) is 0 Å². The number of hydrogen-bond donors (Lipinski definition) is 1. The second-order valence-corrected chi connectivity index (χ2v) is 5.74. The lowest BCUT2D eigenvalue weighted by Crippen LogP contribution is -2.43. The second kappa shape index (κ2) is 6.32. The fraction of sp³-hybridized carbons (Fsp3) is 0.462. The van der Waals surface area contributed by atoms with Crippen LogP contribution in [0, 0.1) is 10.1 Å². The first-order chi connectivity index (χ1) is 9.49. The average Bonchev–Trinajstić information content (AvgIpc) is 2.41. The summed E-state index contributed by atoms with van der Waals surface area (Å²) >= 11 is 3.15. The Morgan fingerprint density at radius 1 is 1.45 bits per heavy atom. The monoisotopic (exact) mass is 341 g/mol. The smallest absolute Gasteiger partial charge is 0.284 e. The van der Waals surface area contributed by atoms with Crippen molar-refractivity contribution in [2.24, 2.45) is 0 Å². The van der Waals surface area contributed by atoms with Gasteiger partial charge < -0.3 is 10.2 Å². The third kappa shape index (κ3) is 3.34. The Morgan fingerprint density at radius 3 is 2.70 bits per heavy atom. The lowest BCUT2D eigenvalue weighted by atomic mass is 10.0. The fourth-order valence-corrected chi connectivity index (χ4v) is 2.84. The van der Waals surface area contributed by atoms with Gasteiger partial charge in [0, 0.05) is 12.1 Å². The minimum atomic E-state index is -0.504. The van der Waals surface area contributed by atoms with Crippen LogP contribution >= 0.6 is 15.9 Å². The number of halogens is 1. The van der Waals surface area contributed by atoms with Crippen LogP contribution in [-0.2, 0) is 0 Å². The van der Waals surface area contributed by atoms with Crippen molar-refractivity contribution in [2.45, 2.75) is 18.9 Å². The van der Waals surface area contributed by atoms with E-state index in [9.17, 15) is 14.9 Å². The first kappa shape index (κ1) is 14.9. The van der Waals surface area contributed by atoms with Gasteiger partial charge in [-0.1, -0.05) is 6.07 Å². The van der Waals surface area contributed by atoms with Crippen LogP contribution in [0.4, 0.5) is 5.69 Å². The molecule has 0 radical (unpaired) electrons. The molecule has 0 saturated carbocycles. The number of nitrogens with one attached hydrogen (secondary N) is 1. The molecular weight excluding hydrogens is 326 g/mol. The quantitative estimate of drug-likeness (QED) is 0.675. The van der Waals surface area contributed by atoms with E-state index in [4.69, 9.17) is 0 Å². The lowest BCUT2D eigenvalue weighted by Gasteiger charge is -2.29. The first-order valence-corrected chi connectivity index (χ1v) is 7.20. The molecule has 1 aromatic carbocycles. The van der Waals surface area contributed by atoms with Gasteiger partial charge in [-0.25, -0.2) is 0 Å². The van der Waals surface area contributed by atoms with Crippen molar-refractivity contribution in [1.29, 1.82) is 0 Å². The van der Waals surface area contributed by atoms with E-state index < -0.39 is 4.92 Å². The molecule has 0 aliphatic carbocycles. The van der Waals surface area contributed by atoms with Crippen molar-refractivity contribution in [1.82, 2.24) is 10.2 Å². The molecule has 2 rings (SSSR count). The average molecular weight is 342 g/mol. The number of amides is 1. The number of rotatable bonds is 3. The van der Waals surface area contributed by atoms with E-state index in [-0.39, 0.29) is 22.1 Å². The van der Waals surface area contributed by atoms with E-state index in [2.05, 4.69) is 33.2 Å². The summed E-state index contributed by atoms with van der Waals surface area (Å²) in [6, 6.07) is 4.61. The SMILES string of the molecule is CN1CCC(NC(=O)c2cccc([N+](=O)[O-])c2Br)CC1. The Kier molecular flexibility index (Phi) is 4.72. The molecule has 20 heavy (non-hydrogen) atoms. The molecule has 0 spiro atoms. The third-order valence-corrected chi connectivity index (χ3v) is 4.31. The Hall–Kier alpha value is -1.47. The Bertz CT molecular complexity index is 528. The van der Waals surface area contributed by atoms with Crippen LogP contribution in [-0.4, -0.2) is 41.9 Å². The molecule has 1 aromatic rings. The van der Waals surface area contributed by atoms with Crippen molar-refractivity contribution >= 4 is 27.5 Å². The fourth-order valence-electron chi connectivity index (χ4n) is 2.25. The molecule has 1 fully saturated rings. The third-order valence-electron chi connectivity index (χ3n) is 3.47. The number of likely N-dealkylation sites (tertiary alicyclic amines) is 1. The molecule has 0 bridgehead atoms. The molecule has 1 N–H and O–H groups in total. The molecular formula is C13H16BrN3O3. The Labute approximate surface area is 125 Å². The van der Waals surface area contributed by atoms with E-state index in [1.54, 1.807) is 6.07 Å². The minimum absolute atomic E-state index is 0.0963.